The zero-order valence-electron chi connectivity index (χ0n) is 13.0. The van der Waals surface area contributed by atoms with Gasteiger partial charge in [0.1, 0.15) is 5.76 Å². The fourth-order valence-corrected chi connectivity index (χ4v) is 2.56. The third-order valence-corrected chi connectivity index (χ3v) is 3.98. The number of furan rings is 1. The molecule has 3 rings (SSSR count). The Morgan fingerprint density at radius 3 is 2.55 bits per heavy atom. The highest BCUT2D eigenvalue weighted by atomic mass is 16.5. The van der Waals surface area contributed by atoms with Gasteiger partial charge in [-0.2, -0.15) is 0 Å². The van der Waals surface area contributed by atoms with Crippen LogP contribution in [-0.4, -0.2) is 24.0 Å². The molecule has 0 unspecified atom stereocenters. The molecule has 1 saturated carbocycles. The summed E-state index contributed by atoms with van der Waals surface area (Å²) in [5.41, 5.74) is 2.58. The molecule has 0 bridgehead atoms. The molecule has 116 valence electrons. The molecule has 4 heteroatoms. The minimum absolute atomic E-state index is 0.267. The number of ether oxygens (including phenoxy) is 1. The molecule has 1 aromatic heterocycles. The zero-order chi connectivity index (χ0) is 15.5. The Kier molecular flexibility index (Phi) is 4.29. The van der Waals surface area contributed by atoms with E-state index in [1.165, 1.54) is 31.1 Å². The van der Waals surface area contributed by atoms with Gasteiger partial charge < -0.3 is 9.15 Å². The van der Waals surface area contributed by atoms with Gasteiger partial charge in [0.05, 0.1) is 13.7 Å². The smallest absolute Gasteiger partial charge is 0.373 e. The van der Waals surface area contributed by atoms with Crippen LogP contribution in [0.15, 0.2) is 40.8 Å². The van der Waals surface area contributed by atoms with Crippen LogP contribution in [0.1, 0.15) is 40.3 Å². The Labute approximate surface area is 130 Å². The molecule has 1 aromatic carbocycles. The minimum atomic E-state index is -0.428. The van der Waals surface area contributed by atoms with Gasteiger partial charge >= 0.3 is 5.97 Å². The molecule has 0 saturated heterocycles. The number of carbonyl (C=O) groups excluding carboxylic acids is 1. The quantitative estimate of drug-likeness (QED) is 0.765. The molecule has 1 heterocycles. The summed E-state index contributed by atoms with van der Waals surface area (Å²) in [6.07, 6.45) is 2.47. The summed E-state index contributed by atoms with van der Waals surface area (Å²) in [6, 6.07) is 12.8. The second-order valence-corrected chi connectivity index (χ2v) is 5.88. The summed E-state index contributed by atoms with van der Waals surface area (Å²) >= 11 is 0. The Hall–Kier alpha value is -2.07. The van der Waals surface area contributed by atoms with Crippen molar-refractivity contribution in [3.05, 3.63) is 59.0 Å². The molecule has 1 fully saturated rings. The topological polar surface area (TPSA) is 42.7 Å². The molecule has 0 atom stereocenters. The molecule has 0 aliphatic heterocycles. The molecule has 0 radical (unpaired) electrons. The highest BCUT2D eigenvalue weighted by Crippen LogP contribution is 2.30. The first-order valence-electron chi connectivity index (χ1n) is 7.62. The second kappa shape index (κ2) is 6.36. The average Bonchev–Trinajstić information content (AvgIpc) is 3.27. The standard InChI is InChI=1S/C18H21NO3/c1-13-3-5-14(6-4-13)11-19(15-7-8-15)12-16-9-10-17(22-16)18(20)21-2/h3-6,9-10,15H,7-8,11-12H2,1-2H3. The van der Waals surface area contributed by atoms with E-state index in [9.17, 15) is 4.79 Å². The lowest BCUT2D eigenvalue weighted by molar-refractivity contribution is 0.0560. The molecule has 0 amide bonds. The molecule has 1 aliphatic rings. The SMILES string of the molecule is COC(=O)c1ccc(CN(Cc2ccc(C)cc2)C2CC2)o1. The predicted octanol–water partition coefficient (Wildman–Crippen LogP) is 3.54. The van der Waals surface area contributed by atoms with Crippen molar-refractivity contribution in [3.63, 3.8) is 0 Å². The van der Waals surface area contributed by atoms with E-state index in [-0.39, 0.29) is 5.76 Å². The Morgan fingerprint density at radius 1 is 1.18 bits per heavy atom. The van der Waals surface area contributed by atoms with Crippen molar-refractivity contribution in [1.82, 2.24) is 4.90 Å². The largest absolute Gasteiger partial charge is 0.463 e. The van der Waals surface area contributed by atoms with E-state index in [1.807, 2.05) is 6.07 Å². The summed E-state index contributed by atoms with van der Waals surface area (Å²) in [5, 5.41) is 0. The summed E-state index contributed by atoms with van der Waals surface area (Å²) < 4.78 is 10.3. The van der Waals surface area contributed by atoms with E-state index in [2.05, 4.69) is 40.8 Å². The van der Waals surface area contributed by atoms with E-state index in [1.54, 1.807) is 6.07 Å². The van der Waals surface area contributed by atoms with Gasteiger partial charge in [-0.25, -0.2) is 4.79 Å². The summed E-state index contributed by atoms with van der Waals surface area (Å²) in [4.78, 5) is 13.9. The Morgan fingerprint density at radius 2 is 1.91 bits per heavy atom. The maximum absolute atomic E-state index is 11.5. The molecule has 2 aromatic rings. The third kappa shape index (κ3) is 3.57. The van der Waals surface area contributed by atoms with Crippen LogP contribution < -0.4 is 0 Å². The van der Waals surface area contributed by atoms with Crippen LogP contribution in [0.5, 0.6) is 0 Å². The first kappa shape index (κ1) is 14.9. The monoisotopic (exact) mass is 299 g/mol. The zero-order valence-corrected chi connectivity index (χ0v) is 13.0. The highest BCUT2D eigenvalue weighted by molar-refractivity contribution is 5.86. The van der Waals surface area contributed by atoms with Gasteiger partial charge in [-0.15, -0.1) is 0 Å². The van der Waals surface area contributed by atoms with Crippen LogP contribution in [-0.2, 0) is 17.8 Å². The lowest BCUT2D eigenvalue weighted by Gasteiger charge is -2.21. The van der Waals surface area contributed by atoms with Crippen molar-refractivity contribution >= 4 is 5.97 Å². The van der Waals surface area contributed by atoms with Crippen molar-refractivity contribution in [2.24, 2.45) is 0 Å². The maximum atomic E-state index is 11.5. The second-order valence-electron chi connectivity index (χ2n) is 5.88. The number of benzene rings is 1. The molecule has 4 nitrogen and oxygen atoms in total. The summed E-state index contributed by atoms with van der Waals surface area (Å²) in [6.45, 7) is 3.72. The first-order chi connectivity index (χ1) is 10.7. The van der Waals surface area contributed by atoms with E-state index < -0.39 is 5.97 Å². The molecule has 0 spiro atoms. The maximum Gasteiger partial charge on any atom is 0.373 e. The molecule has 0 N–H and O–H groups in total. The van der Waals surface area contributed by atoms with Gasteiger partial charge in [0, 0.05) is 12.6 Å². The van der Waals surface area contributed by atoms with E-state index in [0.29, 0.717) is 6.04 Å². The fourth-order valence-electron chi connectivity index (χ4n) is 2.56. The first-order valence-corrected chi connectivity index (χ1v) is 7.62. The fraction of sp³-hybridized carbons (Fsp3) is 0.389. The van der Waals surface area contributed by atoms with Gasteiger partial charge in [0.15, 0.2) is 0 Å². The lowest BCUT2D eigenvalue weighted by atomic mass is 10.1. The van der Waals surface area contributed by atoms with Crippen molar-refractivity contribution < 1.29 is 13.9 Å². The number of rotatable bonds is 6. The lowest BCUT2D eigenvalue weighted by Crippen LogP contribution is -2.24. The van der Waals surface area contributed by atoms with Crippen molar-refractivity contribution in [2.75, 3.05) is 7.11 Å². The molecule has 1 aliphatic carbocycles. The average molecular weight is 299 g/mol. The number of carbonyl (C=O) groups is 1. The summed E-state index contributed by atoms with van der Waals surface area (Å²) in [7, 11) is 1.36. The number of methoxy groups -OCH3 is 1. The van der Waals surface area contributed by atoms with Crippen LogP contribution in [0.25, 0.3) is 0 Å². The van der Waals surface area contributed by atoms with Crippen molar-refractivity contribution in [1.29, 1.82) is 0 Å². The van der Waals surface area contributed by atoms with Gasteiger partial charge in [0.25, 0.3) is 0 Å². The Balaban J connectivity index is 1.68. The highest BCUT2D eigenvalue weighted by Gasteiger charge is 2.29. The van der Waals surface area contributed by atoms with E-state index in [0.717, 1.165) is 18.8 Å². The molecule has 22 heavy (non-hydrogen) atoms. The van der Waals surface area contributed by atoms with Gasteiger partial charge in [-0.05, 0) is 37.5 Å². The summed E-state index contributed by atoms with van der Waals surface area (Å²) in [5.74, 6) is 0.644. The number of hydrogen-bond donors (Lipinski definition) is 0. The van der Waals surface area contributed by atoms with E-state index in [4.69, 9.17) is 4.42 Å². The van der Waals surface area contributed by atoms with Crippen molar-refractivity contribution in [2.45, 2.75) is 38.9 Å². The Bertz CT molecular complexity index is 641. The van der Waals surface area contributed by atoms with E-state index >= 15 is 0 Å². The van der Waals surface area contributed by atoms with Gasteiger partial charge in [-0.3, -0.25) is 4.90 Å². The normalized spacial score (nSPS) is 14.3. The van der Waals surface area contributed by atoms with Crippen LogP contribution in [0.4, 0.5) is 0 Å². The van der Waals surface area contributed by atoms with Crippen LogP contribution in [0.2, 0.25) is 0 Å². The van der Waals surface area contributed by atoms with Crippen molar-refractivity contribution in [3.8, 4) is 0 Å². The van der Waals surface area contributed by atoms with Gasteiger partial charge in [-0.1, -0.05) is 29.8 Å². The minimum Gasteiger partial charge on any atom is -0.463 e. The van der Waals surface area contributed by atoms with Crippen LogP contribution >= 0.6 is 0 Å². The number of nitrogens with zero attached hydrogens (tertiary/aromatic N) is 1. The third-order valence-electron chi connectivity index (χ3n) is 3.98. The number of esters is 1. The molecular formula is C18H21NO3. The van der Waals surface area contributed by atoms with Crippen LogP contribution in [0, 0.1) is 6.92 Å². The number of aryl methyl sites for hydroxylation is 1. The van der Waals surface area contributed by atoms with Crippen LogP contribution in [0.3, 0.4) is 0 Å². The predicted molar refractivity (Wildman–Crippen MR) is 83.5 cm³/mol. The van der Waals surface area contributed by atoms with Gasteiger partial charge in [0.2, 0.25) is 5.76 Å². The number of hydrogen-bond acceptors (Lipinski definition) is 4. The molecular weight excluding hydrogens is 278 g/mol.